The zero-order valence-electron chi connectivity index (χ0n) is 11.6. The molecular formula is C16H15N3OS. The van der Waals surface area contributed by atoms with E-state index < -0.39 is 0 Å². The minimum Gasteiger partial charge on any atom is -0.397 e. The van der Waals surface area contributed by atoms with Crippen molar-refractivity contribution in [3.63, 3.8) is 0 Å². The molecule has 0 saturated carbocycles. The van der Waals surface area contributed by atoms with Crippen molar-refractivity contribution in [3.8, 4) is 0 Å². The molecule has 0 fully saturated rings. The molecule has 3 N–H and O–H groups in total. The van der Waals surface area contributed by atoms with Gasteiger partial charge in [-0.3, -0.25) is 9.78 Å². The Balaban J connectivity index is 1.81. The number of rotatable bonds is 3. The molecule has 0 bridgehead atoms. The number of carbonyl (C=O) groups excluding carboxylic acids is 1. The maximum atomic E-state index is 12.3. The van der Waals surface area contributed by atoms with Crippen LogP contribution in [0.4, 0.5) is 5.69 Å². The summed E-state index contributed by atoms with van der Waals surface area (Å²) in [5.41, 5.74) is 8.85. The summed E-state index contributed by atoms with van der Waals surface area (Å²) < 4.78 is 0.927. The number of pyridine rings is 1. The van der Waals surface area contributed by atoms with E-state index in [0.717, 1.165) is 21.2 Å². The van der Waals surface area contributed by atoms with Crippen molar-refractivity contribution < 1.29 is 4.79 Å². The van der Waals surface area contributed by atoms with Gasteiger partial charge in [0.15, 0.2) is 0 Å². The maximum absolute atomic E-state index is 12.3. The lowest BCUT2D eigenvalue weighted by molar-refractivity contribution is 0.0956. The smallest absolute Gasteiger partial charge is 0.263 e. The SMILES string of the molecule is Cc1ccccc1CNC(=O)c1sc2cnccc2c1N. The largest absolute Gasteiger partial charge is 0.397 e. The first-order valence-corrected chi connectivity index (χ1v) is 7.43. The summed E-state index contributed by atoms with van der Waals surface area (Å²) in [6.07, 6.45) is 3.41. The summed E-state index contributed by atoms with van der Waals surface area (Å²) in [4.78, 5) is 16.9. The van der Waals surface area contributed by atoms with Crippen LogP contribution in [0.25, 0.3) is 10.1 Å². The van der Waals surface area contributed by atoms with Crippen LogP contribution in [0.3, 0.4) is 0 Å². The number of nitrogens with zero attached hydrogens (tertiary/aromatic N) is 1. The second kappa shape index (κ2) is 5.54. The van der Waals surface area contributed by atoms with Gasteiger partial charge in [-0.25, -0.2) is 0 Å². The predicted octanol–water partition coefficient (Wildman–Crippen LogP) is 3.12. The molecule has 0 aliphatic heterocycles. The van der Waals surface area contributed by atoms with Gasteiger partial charge in [0.1, 0.15) is 4.88 Å². The zero-order chi connectivity index (χ0) is 14.8. The van der Waals surface area contributed by atoms with E-state index in [1.807, 2.05) is 37.3 Å². The lowest BCUT2D eigenvalue weighted by atomic mass is 10.1. The molecule has 21 heavy (non-hydrogen) atoms. The van der Waals surface area contributed by atoms with E-state index >= 15 is 0 Å². The van der Waals surface area contributed by atoms with Gasteiger partial charge in [-0.1, -0.05) is 24.3 Å². The number of fused-ring (bicyclic) bond motifs is 1. The number of nitrogens with one attached hydrogen (secondary N) is 1. The van der Waals surface area contributed by atoms with Crippen molar-refractivity contribution in [3.05, 3.63) is 58.7 Å². The van der Waals surface area contributed by atoms with E-state index in [-0.39, 0.29) is 5.91 Å². The number of hydrogen-bond acceptors (Lipinski definition) is 4. The quantitative estimate of drug-likeness (QED) is 0.780. The van der Waals surface area contributed by atoms with Crippen LogP contribution in [0.15, 0.2) is 42.7 Å². The standard InChI is InChI=1S/C16H15N3OS/c1-10-4-2-3-5-11(10)8-19-16(20)15-14(17)12-6-7-18-9-13(12)21-15/h2-7,9H,8,17H2,1H3,(H,19,20). The molecule has 0 saturated heterocycles. The Morgan fingerprint density at radius 3 is 2.90 bits per heavy atom. The molecule has 1 aromatic carbocycles. The van der Waals surface area contributed by atoms with Gasteiger partial charge in [0.25, 0.3) is 5.91 Å². The van der Waals surface area contributed by atoms with Crippen molar-refractivity contribution in [1.29, 1.82) is 0 Å². The Morgan fingerprint density at radius 2 is 2.14 bits per heavy atom. The van der Waals surface area contributed by atoms with Gasteiger partial charge in [-0.05, 0) is 24.1 Å². The van der Waals surface area contributed by atoms with Crippen LogP contribution in [0, 0.1) is 6.92 Å². The first-order chi connectivity index (χ1) is 10.2. The number of aromatic nitrogens is 1. The molecule has 0 aliphatic rings. The van der Waals surface area contributed by atoms with Crippen LogP contribution >= 0.6 is 11.3 Å². The third-order valence-electron chi connectivity index (χ3n) is 3.44. The molecule has 0 atom stereocenters. The maximum Gasteiger partial charge on any atom is 0.263 e. The second-order valence-corrected chi connectivity index (χ2v) is 5.88. The monoisotopic (exact) mass is 297 g/mol. The van der Waals surface area contributed by atoms with Crippen LogP contribution in [-0.4, -0.2) is 10.9 Å². The van der Waals surface area contributed by atoms with Crippen LogP contribution < -0.4 is 11.1 Å². The average molecular weight is 297 g/mol. The molecule has 3 aromatic rings. The number of carbonyl (C=O) groups is 1. The van der Waals surface area contributed by atoms with Gasteiger partial charge in [0.05, 0.1) is 10.4 Å². The Bertz CT molecular complexity index is 810. The van der Waals surface area contributed by atoms with Crippen molar-refractivity contribution >= 4 is 33.0 Å². The van der Waals surface area contributed by atoms with Crippen LogP contribution in [0.5, 0.6) is 0 Å². The molecule has 2 heterocycles. The van der Waals surface area contributed by atoms with Crippen LogP contribution in [0.2, 0.25) is 0 Å². The molecular weight excluding hydrogens is 282 g/mol. The molecule has 0 spiro atoms. The Kier molecular flexibility index (Phi) is 3.58. The average Bonchev–Trinajstić information content (AvgIpc) is 2.84. The summed E-state index contributed by atoms with van der Waals surface area (Å²) in [6, 6.07) is 9.82. The molecule has 4 nitrogen and oxygen atoms in total. The minimum atomic E-state index is -0.142. The van der Waals surface area contributed by atoms with E-state index in [4.69, 9.17) is 5.73 Å². The number of amides is 1. The van der Waals surface area contributed by atoms with Crippen molar-refractivity contribution in [2.45, 2.75) is 13.5 Å². The topological polar surface area (TPSA) is 68.0 Å². The molecule has 3 rings (SSSR count). The third kappa shape index (κ3) is 2.60. The fourth-order valence-electron chi connectivity index (χ4n) is 2.20. The molecule has 5 heteroatoms. The summed E-state index contributed by atoms with van der Waals surface area (Å²) in [5, 5.41) is 3.81. The second-order valence-electron chi connectivity index (χ2n) is 4.83. The summed E-state index contributed by atoms with van der Waals surface area (Å²) in [6.45, 7) is 2.53. The van der Waals surface area contributed by atoms with Gasteiger partial charge in [-0.2, -0.15) is 0 Å². The summed E-state index contributed by atoms with van der Waals surface area (Å²) in [7, 11) is 0. The lowest BCUT2D eigenvalue weighted by Gasteiger charge is -2.07. The first-order valence-electron chi connectivity index (χ1n) is 6.61. The van der Waals surface area contributed by atoms with Gasteiger partial charge in [-0.15, -0.1) is 11.3 Å². The van der Waals surface area contributed by atoms with E-state index in [2.05, 4.69) is 10.3 Å². The van der Waals surface area contributed by atoms with Gasteiger partial charge < -0.3 is 11.1 Å². The fraction of sp³-hybridized carbons (Fsp3) is 0.125. The van der Waals surface area contributed by atoms with Gasteiger partial charge >= 0.3 is 0 Å². The number of anilines is 1. The van der Waals surface area contributed by atoms with E-state index in [1.165, 1.54) is 11.3 Å². The Hall–Kier alpha value is -2.40. The predicted molar refractivity (Wildman–Crippen MR) is 86.4 cm³/mol. The highest BCUT2D eigenvalue weighted by atomic mass is 32.1. The van der Waals surface area contributed by atoms with Crippen molar-refractivity contribution in [2.24, 2.45) is 0 Å². The van der Waals surface area contributed by atoms with E-state index in [0.29, 0.717) is 17.1 Å². The third-order valence-corrected chi connectivity index (χ3v) is 4.59. The van der Waals surface area contributed by atoms with Crippen LogP contribution in [0.1, 0.15) is 20.8 Å². The first kappa shape index (κ1) is 13.6. The number of hydrogen-bond donors (Lipinski definition) is 2. The highest BCUT2D eigenvalue weighted by Crippen LogP contribution is 2.32. The highest BCUT2D eigenvalue weighted by Gasteiger charge is 2.16. The van der Waals surface area contributed by atoms with E-state index in [1.54, 1.807) is 12.4 Å². The van der Waals surface area contributed by atoms with Gasteiger partial charge in [0, 0.05) is 24.3 Å². The number of nitrogens with two attached hydrogens (primary N) is 1. The number of nitrogen functional groups attached to an aromatic ring is 1. The molecule has 0 radical (unpaired) electrons. The number of aryl methyl sites for hydroxylation is 1. The van der Waals surface area contributed by atoms with Crippen molar-refractivity contribution in [1.82, 2.24) is 10.3 Å². The highest BCUT2D eigenvalue weighted by molar-refractivity contribution is 7.21. The van der Waals surface area contributed by atoms with Gasteiger partial charge in [0.2, 0.25) is 0 Å². The van der Waals surface area contributed by atoms with Crippen molar-refractivity contribution in [2.75, 3.05) is 5.73 Å². The fourth-order valence-corrected chi connectivity index (χ4v) is 3.21. The molecule has 1 amide bonds. The summed E-state index contributed by atoms with van der Waals surface area (Å²) >= 11 is 1.37. The number of thiophene rings is 1. The molecule has 0 unspecified atom stereocenters. The molecule has 106 valence electrons. The lowest BCUT2D eigenvalue weighted by Crippen LogP contribution is -2.23. The zero-order valence-corrected chi connectivity index (χ0v) is 12.4. The molecule has 0 aliphatic carbocycles. The Morgan fingerprint density at radius 1 is 1.33 bits per heavy atom. The Labute approximate surface area is 126 Å². The summed E-state index contributed by atoms with van der Waals surface area (Å²) in [5.74, 6) is -0.142. The normalized spacial score (nSPS) is 10.7. The van der Waals surface area contributed by atoms with Crippen LogP contribution in [-0.2, 0) is 6.54 Å². The minimum absolute atomic E-state index is 0.142. The molecule has 2 aromatic heterocycles. The number of benzene rings is 1. The van der Waals surface area contributed by atoms with E-state index in [9.17, 15) is 4.79 Å².